The van der Waals surface area contributed by atoms with E-state index in [1.54, 1.807) is 16.2 Å². The van der Waals surface area contributed by atoms with Crippen LogP contribution in [0, 0.1) is 22.2 Å². The van der Waals surface area contributed by atoms with E-state index in [4.69, 9.17) is 0 Å². The Morgan fingerprint density at radius 1 is 1.28 bits per heavy atom. The fourth-order valence-corrected chi connectivity index (χ4v) is 5.65. The van der Waals surface area contributed by atoms with Gasteiger partial charge in [0.15, 0.2) is 0 Å². The van der Waals surface area contributed by atoms with Gasteiger partial charge in [-0.2, -0.15) is 0 Å². The Hall–Kier alpha value is -2.95. The van der Waals surface area contributed by atoms with Crippen LogP contribution in [0.1, 0.15) is 44.6 Å². The van der Waals surface area contributed by atoms with Crippen molar-refractivity contribution in [1.82, 2.24) is 9.13 Å². The van der Waals surface area contributed by atoms with E-state index in [1.165, 1.54) is 0 Å². The Labute approximate surface area is 165 Å². The molecular formula is C21H22N3O5+. The molecule has 2 heterocycles. The highest BCUT2D eigenvalue weighted by atomic mass is 16.4. The second-order valence-electron chi connectivity index (χ2n) is 8.83. The summed E-state index contributed by atoms with van der Waals surface area (Å²) >= 11 is 0. The lowest BCUT2D eigenvalue weighted by Crippen LogP contribution is -2.49. The van der Waals surface area contributed by atoms with Crippen LogP contribution in [-0.4, -0.2) is 37.4 Å². The molecule has 2 bridgehead atoms. The molecule has 1 saturated heterocycles. The van der Waals surface area contributed by atoms with Crippen LogP contribution in [0.3, 0.4) is 0 Å². The molecule has 1 unspecified atom stereocenters. The number of hydrogen-bond donors (Lipinski definition) is 1. The molecule has 8 nitrogen and oxygen atoms in total. The summed E-state index contributed by atoms with van der Waals surface area (Å²) in [5, 5.41) is 10.7. The standard InChI is InChI=1S/C21H21N3O5/c1-22-17-8-13(21-7-6-15(19(26)27)12(9-21)10-21)2-4-16(17)24(20(22)28)14-3-5-18(25)23(29)11-14/h8,12,14-15H,3,5-7,9-11H2,1H3/p+1/t12?,14?,15-,21?/m0/s1. The lowest BCUT2D eigenvalue weighted by atomic mass is 9.48. The van der Waals surface area contributed by atoms with E-state index in [1.807, 2.05) is 6.08 Å². The summed E-state index contributed by atoms with van der Waals surface area (Å²) in [6.07, 6.45) is 5.71. The predicted molar refractivity (Wildman–Crippen MR) is 101 cm³/mol. The van der Waals surface area contributed by atoms with Gasteiger partial charge in [-0.05, 0) is 49.8 Å². The average molecular weight is 396 g/mol. The average Bonchev–Trinajstić information content (AvgIpc) is 2.93. The van der Waals surface area contributed by atoms with Crippen LogP contribution >= 0.6 is 0 Å². The second-order valence-corrected chi connectivity index (χ2v) is 8.83. The summed E-state index contributed by atoms with van der Waals surface area (Å²) < 4.78 is 3.56. The zero-order valence-electron chi connectivity index (χ0n) is 16.2. The SMILES string of the molecule is Cn1c2c(n(C3CCC(=O)[N+](=O)C3)c1=O)=C=C=C(C13CC[C@H](C(=O)O)C(C1)C3)C=2. The van der Waals surface area contributed by atoms with Gasteiger partial charge in [0.25, 0.3) is 0 Å². The van der Waals surface area contributed by atoms with Gasteiger partial charge in [-0.15, -0.1) is 0 Å². The van der Waals surface area contributed by atoms with Crippen molar-refractivity contribution in [2.45, 2.75) is 44.6 Å². The van der Waals surface area contributed by atoms with E-state index in [0.29, 0.717) is 23.0 Å². The fourth-order valence-electron chi connectivity index (χ4n) is 5.65. The van der Waals surface area contributed by atoms with Gasteiger partial charge in [-0.1, -0.05) is 5.73 Å². The van der Waals surface area contributed by atoms with Gasteiger partial charge in [0, 0.05) is 22.9 Å². The van der Waals surface area contributed by atoms with Crippen molar-refractivity contribution in [3.63, 3.8) is 0 Å². The van der Waals surface area contributed by atoms with Crippen molar-refractivity contribution in [3.8, 4) is 0 Å². The summed E-state index contributed by atoms with van der Waals surface area (Å²) in [5.41, 5.74) is 7.08. The Kier molecular flexibility index (Phi) is 3.76. The van der Waals surface area contributed by atoms with E-state index in [0.717, 1.165) is 30.2 Å². The maximum Gasteiger partial charge on any atom is 0.433 e. The van der Waals surface area contributed by atoms with Gasteiger partial charge in [-0.25, -0.2) is 9.59 Å². The number of piperidine rings is 1. The highest BCUT2D eigenvalue weighted by Crippen LogP contribution is 2.61. The number of aromatic nitrogens is 2. The Bertz CT molecular complexity index is 1220. The topological polar surface area (TPSA) is 101 Å². The van der Waals surface area contributed by atoms with Crippen LogP contribution in [0.5, 0.6) is 0 Å². The molecule has 1 N–H and O–H groups in total. The first-order valence-corrected chi connectivity index (χ1v) is 10.1. The minimum Gasteiger partial charge on any atom is -0.481 e. The van der Waals surface area contributed by atoms with E-state index >= 15 is 0 Å². The Morgan fingerprint density at radius 3 is 2.66 bits per heavy atom. The van der Waals surface area contributed by atoms with Crippen LogP contribution in [0.15, 0.2) is 16.1 Å². The van der Waals surface area contributed by atoms with Crippen molar-refractivity contribution in [2.24, 2.45) is 24.3 Å². The minimum atomic E-state index is -0.702. The van der Waals surface area contributed by atoms with Gasteiger partial charge in [-0.3, -0.25) is 13.9 Å². The number of hydrogen-bond acceptors (Lipinski definition) is 4. The molecule has 0 aromatic carbocycles. The molecule has 4 aliphatic carbocycles. The van der Waals surface area contributed by atoms with Gasteiger partial charge < -0.3 is 5.11 Å². The number of imidazole rings is 1. The molecule has 8 heteroatoms. The Balaban J connectivity index is 1.56. The number of carboxylic acid groups (broad SMARTS) is 1. The first-order chi connectivity index (χ1) is 13.8. The van der Waals surface area contributed by atoms with Crippen LogP contribution in [0.2, 0.25) is 0 Å². The molecule has 0 radical (unpaired) electrons. The van der Waals surface area contributed by atoms with Crippen LogP contribution in [0.25, 0.3) is 11.8 Å². The fraction of sp³-hybridized carbons (Fsp3) is 0.571. The lowest BCUT2D eigenvalue weighted by Gasteiger charge is -2.55. The highest BCUT2D eigenvalue weighted by molar-refractivity contribution is 5.71. The van der Waals surface area contributed by atoms with Crippen LogP contribution < -0.4 is 16.4 Å². The molecule has 1 aromatic heterocycles. The minimum absolute atomic E-state index is 0.0321. The second kappa shape index (κ2) is 6.02. The van der Waals surface area contributed by atoms with Gasteiger partial charge >= 0.3 is 17.6 Å². The molecule has 2 atom stereocenters. The first kappa shape index (κ1) is 18.1. The lowest BCUT2D eigenvalue weighted by molar-refractivity contribution is -0.483. The zero-order valence-corrected chi connectivity index (χ0v) is 16.2. The Morgan fingerprint density at radius 2 is 2.03 bits per heavy atom. The van der Waals surface area contributed by atoms with Crippen molar-refractivity contribution in [1.29, 1.82) is 0 Å². The maximum atomic E-state index is 12.9. The third-order valence-electron chi connectivity index (χ3n) is 7.34. The highest BCUT2D eigenvalue weighted by Gasteiger charge is 2.55. The summed E-state index contributed by atoms with van der Waals surface area (Å²) in [7, 11) is 1.70. The smallest absolute Gasteiger partial charge is 0.433 e. The van der Waals surface area contributed by atoms with Crippen molar-refractivity contribution in [2.75, 3.05) is 6.54 Å². The molecule has 4 fully saturated rings. The zero-order chi connectivity index (χ0) is 20.5. The van der Waals surface area contributed by atoms with Crippen molar-refractivity contribution < 1.29 is 19.5 Å². The number of fused-ring (bicyclic) bond motifs is 3. The summed E-state index contributed by atoms with van der Waals surface area (Å²) in [4.78, 5) is 47.6. The molecule has 3 saturated carbocycles. The largest absolute Gasteiger partial charge is 0.481 e. The van der Waals surface area contributed by atoms with Crippen molar-refractivity contribution >= 4 is 23.7 Å². The first-order valence-electron chi connectivity index (χ1n) is 10.1. The number of nitroso groups, excluding NO2 is 1. The number of carbonyl (C=O) groups excluding carboxylic acids is 1. The molecule has 5 aliphatic rings. The number of nitrogens with zero attached hydrogens (tertiary/aromatic N) is 3. The number of carbonyl (C=O) groups is 2. The molecule has 6 rings (SSSR count). The van der Waals surface area contributed by atoms with E-state index in [-0.39, 0.29) is 41.9 Å². The molecule has 1 aromatic rings. The molecule has 0 spiro atoms. The number of rotatable bonds is 3. The van der Waals surface area contributed by atoms with E-state index < -0.39 is 11.9 Å². The number of allylic oxidation sites excluding steroid dienone is 1. The number of amides is 1. The monoisotopic (exact) mass is 396 g/mol. The maximum absolute atomic E-state index is 12.9. The predicted octanol–water partition coefficient (Wildman–Crippen LogP) is -0.0268. The van der Waals surface area contributed by atoms with E-state index in [2.05, 4.69) is 11.5 Å². The quantitative estimate of drug-likeness (QED) is 0.571. The normalized spacial score (nSPS) is 32.6. The summed E-state index contributed by atoms with van der Waals surface area (Å²) in [6, 6.07) is -0.367. The summed E-state index contributed by atoms with van der Waals surface area (Å²) in [5.74, 6) is -1.18. The molecule has 29 heavy (non-hydrogen) atoms. The third-order valence-corrected chi connectivity index (χ3v) is 7.34. The molecular weight excluding hydrogens is 374 g/mol. The van der Waals surface area contributed by atoms with Crippen LogP contribution in [-0.2, 0) is 16.6 Å². The van der Waals surface area contributed by atoms with Gasteiger partial charge in [0.1, 0.15) is 11.4 Å². The number of carboxylic acids is 1. The molecule has 1 aliphatic heterocycles. The van der Waals surface area contributed by atoms with Gasteiger partial charge in [0.2, 0.25) is 6.54 Å². The molecule has 150 valence electrons. The third kappa shape index (κ3) is 2.49. The van der Waals surface area contributed by atoms with Crippen molar-refractivity contribution in [3.05, 3.63) is 37.4 Å². The number of aliphatic carboxylic acids is 1. The van der Waals surface area contributed by atoms with Crippen LogP contribution in [0.4, 0.5) is 0 Å². The summed E-state index contributed by atoms with van der Waals surface area (Å²) in [6.45, 7) is -0.0321. The molecule has 1 amide bonds. The van der Waals surface area contributed by atoms with Gasteiger partial charge in [0.05, 0.1) is 22.4 Å². The van der Waals surface area contributed by atoms with E-state index in [9.17, 15) is 24.4 Å².